The molecule has 1 saturated heterocycles. The van der Waals surface area contributed by atoms with Crippen LogP contribution in [0.5, 0.6) is 0 Å². The van der Waals surface area contributed by atoms with E-state index < -0.39 is 12.2 Å². The van der Waals surface area contributed by atoms with Crippen LogP contribution in [0.3, 0.4) is 0 Å². The Kier molecular flexibility index (Phi) is 17.2. The van der Waals surface area contributed by atoms with E-state index in [1.807, 2.05) is 52.8 Å². The van der Waals surface area contributed by atoms with Gasteiger partial charge in [0, 0.05) is 19.0 Å². The Hall–Kier alpha value is -1.63. The van der Waals surface area contributed by atoms with Crippen molar-refractivity contribution in [1.82, 2.24) is 0 Å². The minimum absolute atomic E-state index is 0.260. The molecule has 6 nitrogen and oxygen atoms in total. The van der Waals surface area contributed by atoms with Crippen molar-refractivity contribution in [3.05, 3.63) is 29.3 Å². The molecule has 2 unspecified atom stereocenters. The minimum Gasteiger partial charge on any atom is -0.461 e. The summed E-state index contributed by atoms with van der Waals surface area (Å²) in [6.07, 6.45) is 0.430. The molecule has 0 radical (unpaired) electrons. The highest BCUT2D eigenvalue weighted by Gasteiger charge is 2.17. The van der Waals surface area contributed by atoms with Gasteiger partial charge >= 0.3 is 5.97 Å². The Labute approximate surface area is 158 Å². The molecule has 1 aromatic carbocycles. The number of aryl methyl sites for hydroxylation is 1. The van der Waals surface area contributed by atoms with Crippen molar-refractivity contribution in [2.75, 3.05) is 18.9 Å². The fourth-order valence-corrected chi connectivity index (χ4v) is 2.09. The standard InChI is InChI=1S/C11H15NO2.C5H10O3.2C2H6/c1-3-9-6-11(12)5-4-10(9)7-14-8(2)13;6-4-1-5(7)3-8-2-4;2*1-2/h4-6H,3,7,12H2,1-2H3;4-7H,1-3H2;2*1-2H3. The third kappa shape index (κ3) is 12.7. The maximum atomic E-state index is 10.6. The summed E-state index contributed by atoms with van der Waals surface area (Å²) in [5, 5.41) is 17.6. The molecule has 0 bridgehead atoms. The van der Waals surface area contributed by atoms with Crippen LogP contribution in [0.2, 0.25) is 0 Å². The van der Waals surface area contributed by atoms with Crippen LogP contribution in [-0.2, 0) is 27.3 Å². The van der Waals surface area contributed by atoms with Gasteiger partial charge in [-0.25, -0.2) is 0 Å². The number of anilines is 1. The van der Waals surface area contributed by atoms with Crippen LogP contribution >= 0.6 is 0 Å². The molecule has 2 rings (SSSR count). The number of nitrogens with two attached hydrogens (primary N) is 1. The molecule has 6 heteroatoms. The van der Waals surface area contributed by atoms with Gasteiger partial charge in [0.2, 0.25) is 0 Å². The fourth-order valence-electron chi connectivity index (χ4n) is 2.09. The first kappa shape index (κ1) is 26.6. The molecule has 1 aromatic rings. The summed E-state index contributed by atoms with van der Waals surface area (Å²) >= 11 is 0. The van der Waals surface area contributed by atoms with Crippen molar-refractivity contribution in [3.63, 3.8) is 0 Å². The number of esters is 1. The topological polar surface area (TPSA) is 102 Å². The highest BCUT2D eigenvalue weighted by molar-refractivity contribution is 5.66. The van der Waals surface area contributed by atoms with Crippen LogP contribution in [0.1, 0.15) is 59.1 Å². The van der Waals surface area contributed by atoms with Crippen molar-refractivity contribution in [2.24, 2.45) is 0 Å². The van der Waals surface area contributed by atoms with Gasteiger partial charge in [-0.3, -0.25) is 4.79 Å². The zero-order valence-corrected chi connectivity index (χ0v) is 17.1. The number of nitrogen functional groups attached to an aromatic ring is 1. The largest absolute Gasteiger partial charge is 0.461 e. The first-order chi connectivity index (χ1) is 12.4. The van der Waals surface area contributed by atoms with Gasteiger partial charge in [0.15, 0.2) is 0 Å². The van der Waals surface area contributed by atoms with E-state index in [0.29, 0.717) is 26.2 Å². The van der Waals surface area contributed by atoms with Crippen LogP contribution < -0.4 is 5.73 Å². The number of carbonyl (C=O) groups excluding carboxylic acids is 1. The Morgan fingerprint density at radius 1 is 1.15 bits per heavy atom. The smallest absolute Gasteiger partial charge is 0.302 e. The number of rotatable bonds is 3. The molecule has 1 aliphatic rings. The molecule has 152 valence electrons. The number of aliphatic hydroxyl groups excluding tert-OH is 2. The van der Waals surface area contributed by atoms with Crippen LogP contribution in [0, 0.1) is 0 Å². The van der Waals surface area contributed by atoms with E-state index >= 15 is 0 Å². The van der Waals surface area contributed by atoms with E-state index in [-0.39, 0.29) is 5.97 Å². The molecule has 0 saturated carbocycles. The summed E-state index contributed by atoms with van der Waals surface area (Å²) in [5.41, 5.74) is 8.55. The molecular formula is C20H37NO5. The van der Waals surface area contributed by atoms with Crippen molar-refractivity contribution in [3.8, 4) is 0 Å². The second-order valence-electron chi connectivity index (χ2n) is 5.24. The molecule has 26 heavy (non-hydrogen) atoms. The third-order valence-electron chi connectivity index (χ3n) is 3.21. The van der Waals surface area contributed by atoms with E-state index in [1.54, 1.807) is 0 Å². The second-order valence-corrected chi connectivity index (χ2v) is 5.24. The average molecular weight is 372 g/mol. The predicted molar refractivity (Wildman–Crippen MR) is 106 cm³/mol. The Balaban J connectivity index is 0. The number of aliphatic hydroxyl groups is 2. The van der Waals surface area contributed by atoms with Crippen molar-refractivity contribution in [2.45, 2.75) is 73.2 Å². The van der Waals surface area contributed by atoms with E-state index in [0.717, 1.165) is 23.2 Å². The van der Waals surface area contributed by atoms with E-state index in [1.165, 1.54) is 6.92 Å². The van der Waals surface area contributed by atoms with Gasteiger partial charge in [-0.2, -0.15) is 0 Å². The molecule has 0 spiro atoms. The summed E-state index contributed by atoms with van der Waals surface area (Å²) in [6, 6.07) is 5.63. The van der Waals surface area contributed by atoms with E-state index in [2.05, 4.69) is 0 Å². The number of hydrogen-bond acceptors (Lipinski definition) is 6. The zero-order valence-electron chi connectivity index (χ0n) is 17.1. The first-order valence-electron chi connectivity index (χ1n) is 9.36. The second kappa shape index (κ2) is 16.8. The quantitative estimate of drug-likeness (QED) is 0.557. The molecule has 4 N–H and O–H groups in total. The summed E-state index contributed by atoms with van der Waals surface area (Å²) in [7, 11) is 0. The lowest BCUT2D eigenvalue weighted by atomic mass is 10.1. The molecule has 0 aromatic heterocycles. The summed E-state index contributed by atoms with van der Waals surface area (Å²) in [4.78, 5) is 10.6. The highest BCUT2D eigenvalue weighted by Crippen LogP contribution is 2.15. The van der Waals surface area contributed by atoms with Gasteiger partial charge in [-0.1, -0.05) is 40.7 Å². The van der Waals surface area contributed by atoms with E-state index in [4.69, 9.17) is 25.4 Å². The first-order valence-corrected chi connectivity index (χ1v) is 9.36. The molecule has 0 aliphatic carbocycles. The summed E-state index contributed by atoms with van der Waals surface area (Å²) in [6.45, 7) is 12.5. The van der Waals surface area contributed by atoms with Gasteiger partial charge in [0.1, 0.15) is 6.61 Å². The van der Waals surface area contributed by atoms with Gasteiger partial charge in [-0.15, -0.1) is 0 Å². The number of carbonyl (C=O) groups is 1. The Morgan fingerprint density at radius 3 is 2.08 bits per heavy atom. The number of hydrogen-bond donors (Lipinski definition) is 3. The van der Waals surface area contributed by atoms with Crippen LogP contribution in [0.15, 0.2) is 18.2 Å². The Bertz CT molecular complexity index is 471. The summed E-state index contributed by atoms with van der Waals surface area (Å²) in [5.74, 6) is -0.260. The summed E-state index contributed by atoms with van der Waals surface area (Å²) < 4.78 is 9.72. The van der Waals surface area contributed by atoms with Crippen molar-refractivity contribution >= 4 is 11.7 Å². The zero-order chi connectivity index (χ0) is 20.5. The lowest BCUT2D eigenvalue weighted by Gasteiger charge is -2.21. The highest BCUT2D eigenvalue weighted by atomic mass is 16.5. The van der Waals surface area contributed by atoms with Crippen molar-refractivity contribution in [1.29, 1.82) is 0 Å². The molecule has 2 atom stereocenters. The molecule has 1 fully saturated rings. The molecular weight excluding hydrogens is 334 g/mol. The molecule has 1 aliphatic heterocycles. The van der Waals surface area contributed by atoms with Crippen molar-refractivity contribution < 1.29 is 24.5 Å². The van der Waals surface area contributed by atoms with Gasteiger partial charge in [0.05, 0.1) is 25.4 Å². The SMILES string of the molecule is CC.CC.CCc1cc(N)ccc1COC(C)=O.OC1COCC(O)C1. The lowest BCUT2D eigenvalue weighted by Crippen LogP contribution is -2.32. The van der Waals surface area contributed by atoms with Gasteiger partial charge in [0.25, 0.3) is 0 Å². The predicted octanol–water partition coefficient (Wildman–Crippen LogP) is 3.08. The normalized spacial score (nSPS) is 18.0. The van der Waals surface area contributed by atoms with Crippen LogP contribution in [0.4, 0.5) is 5.69 Å². The van der Waals surface area contributed by atoms with Gasteiger partial charge in [-0.05, 0) is 29.7 Å². The Morgan fingerprint density at radius 2 is 1.69 bits per heavy atom. The minimum atomic E-state index is -0.459. The third-order valence-corrected chi connectivity index (χ3v) is 3.21. The maximum absolute atomic E-state index is 10.6. The fraction of sp³-hybridized carbons (Fsp3) is 0.650. The monoisotopic (exact) mass is 371 g/mol. The van der Waals surface area contributed by atoms with E-state index in [9.17, 15) is 4.79 Å². The van der Waals surface area contributed by atoms with Crippen LogP contribution in [-0.4, -0.2) is 41.6 Å². The molecule has 1 heterocycles. The lowest BCUT2D eigenvalue weighted by molar-refractivity contribution is -0.142. The molecule has 0 amide bonds. The average Bonchev–Trinajstić information content (AvgIpc) is 2.64. The maximum Gasteiger partial charge on any atom is 0.302 e. The number of benzene rings is 1. The number of ether oxygens (including phenoxy) is 2. The van der Waals surface area contributed by atoms with Crippen LogP contribution in [0.25, 0.3) is 0 Å². The van der Waals surface area contributed by atoms with Gasteiger partial charge < -0.3 is 25.4 Å².